The minimum atomic E-state index is -0.500. The largest absolute Gasteiger partial charge is 0.487 e. The molecule has 106 valence electrons. The van der Waals surface area contributed by atoms with Gasteiger partial charge in [-0.15, -0.1) is 0 Å². The van der Waals surface area contributed by atoms with Gasteiger partial charge < -0.3 is 21.3 Å². The van der Waals surface area contributed by atoms with E-state index in [9.17, 15) is 10.1 Å². The first-order valence-electron chi connectivity index (χ1n) is 4.73. The van der Waals surface area contributed by atoms with Gasteiger partial charge in [-0.3, -0.25) is 10.1 Å². The Morgan fingerprint density at radius 2 is 1.63 bits per heavy atom. The third-order valence-corrected chi connectivity index (χ3v) is 1.61. The van der Waals surface area contributed by atoms with E-state index in [1.807, 2.05) is 6.92 Å². The molecule has 0 radical (unpaired) electrons. The second-order valence-electron chi connectivity index (χ2n) is 2.95. The smallest absolute Gasteiger partial charge is 0.269 e. The standard InChI is InChI=1S/C7H7NO2.C2H5NOS.CH3NOS/c1-6-2-4-7(5-3-6)8(9)10;1-4-2(3)5;2-1(3)4/h2-5H,1H3;1H3,(H2,3,5);(H3,2,3,4). The second-order valence-corrected chi connectivity index (χ2v) is 3.77. The van der Waals surface area contributed by atoms with Gasteiger partial charge in [-0.1, -0.05) is 17.7 Å². The number of ether oxygens (including phenoxy) is 1. The molecule has 0 aliphatic rings. The first kappa shape index (κ1) is 19.3. The molecule has 9 heteroatoms. The summed E-state index contributed by atoms with van der Waals surface area (Å²) >= 11 is 8.12. The molecule has 0 bridgehead atoms. The number of benzene rings is 1. The van der Waals surface area contributed by atoms with Crippen molar-refractivity contribution in [2.75, 3.05) is 7.11 Å². The number of hydrogen-bond acceptors (Lipinski definition) is 5. The van der Waals surface area contributed by atoms with Crippen molar-refractivity contribution in [3.05, 3.63) is 39.9 Å². The summed E-state index contributed by atoms with van der Waals surface area (Å²) in [6, 6.07) is 6.43. The van der Waals surface area contributed by atoms with Crippen LogP contribution in [0.5, 0.6) is 0 Å². The number of hydrogen-bond donors (Lipinski definition) is 3. The van der Waals surface area contributed by atoms with E-state index in [-0.39, 0.29) is 10.9 Å². The van der Waals surface area contributed by atoms with Crippen LogP contribution in [0.25, 0.3) is 0 Å². The number of nitrogens with zero attached hydrogens (tertiary/aromatic N) is 1. The van der Waals surface area contributed by atoms with Crippen molar-refractivity contribution in [2.24, 2.45) is 11.5 Å². The summed E-state index contributed by atoms with van der Waals surface area (Å²) in [5, 5.41) is 17.3. The maximum absolute atomic E-state index is 10.1. The van der Waals surface area contributed by atoms with Crippen LogP contribution in [0.2, 0.25) is 0 Å². The molecule has 0 fully saturated rings. The molecule has 1 aromatic rings. The molecule has 1 aromatic carbocycles. The van der Waals surface area contributed by atoms with Crippen molar-refractivity contribution < 1.29 is 14.8 Å². The minimum absolute atomic E-state index is 0.0880. The van der Waals surface area contributed by atoms with E-state index in [1.54, 1.807) is 12.1 Å². The molecule has 0 saturated carbocycles. The number of methoxy groups -OCH3 is 1. The fourth-order valence-corrected chi connectivity index (χ4v) is 0.666. The SMILES string of the molecule is COC(N)=S.Cc1ccc([N+](=O)[O-])cc1.NC(O)=S. The predicted octanol–water partition coefficient (Wildman–Crippen LogP) is 1.57. The number of non-ortho nitro benzene ring substituents is 1. The lowest BCUT2D eigenvalue weighted by Crippen LogP contribution is -2.08. The number of aryl methyl sites for hydroxylation is 1. The van der Waals surface area contributed by atoms with E-state index in [1.165, 1.54) is 19.2 Å². The summed E-state index contributed by atoms with van der Waals surface area (Å²) in [6.07, 6.45) is 0. The van der Waals surface area contributed by atoms with Crippen LogP contribution in [-0.4, -0.2) is 27.5 Å². The molecular weight excluding hydrogens is 290 g/mol. The van der Waals surface area contributed by atoms with Gasteiger partial charge in [0.2, 0.25) is 0 Å². The van der Waals surface area contributed by atoms with E-state index in [2.05, 4.69) is 34.9 Å². The van der Waals surface area contributed by atoms with Crippen LogP contribution < -0.4 is 11.5 Å². The molecule has 19 heavy (non-hydrogen) atoms. The summed E-state index contributed by atoms with van der Waals surface area (Å²) in [5.41, 5.74) is 10.4. The Morgan fingerprint density at radius 1 is 1.32 bits per heavy atom. The molecule has 7 nitrogen and oxygen atoms in total. The van der Waals surface area contributed by atoms with E-state index >= 15 is 0 Å². The van der Waals surface area contributed by atoms with E-state index in [0.717, 1.165) is 5.56 Å². The van der Waals surface area contributed by atoms with E-state index in [0.29, 0.717) is 0 Å². The van der Waals surface area contributed by atoms with Gasteiger partial charge in [0.1, 0.15) is 0 Å². The maximum Gasteiger partial charge on any atom is 0.269 e. The first-order chi connectivity index (χ1) is 8.70. The summed E-state index contributed by atoms with van der Waals surface area (Å²) in [5.74, 6) is 0. The zero-order valence-electron chi connectivity index (χ0n) is 10.4. The van der Waals surface area contributed by atoms with Crippen molar-refractivity contribution in [2.45, 2.75) is 6.92 Å². The quantitative estimate of drug-likeness (QED) is 0.405. The van der Waals surface area contributed by atoms with Crippen LogP contribution in [0, 0.1) is 17.0 Å². The first-order valence-corrected chi connectivity index (χ1v) is 5.55. The van der Waals surface area contributed by atoms with Crippen LogP contribution in [-0.2, 0) is 4.74 Å². The molecule has 0 aliphatic carbocycles. The molecule has 0 aliphatic heterocycles. The summed E-state index contributed by atoms with van der Waals surface area (Å²) in [4.78, 5) is 9.71. The van der Waals surface area contributed by atoms with Crippen LogP contribution in [0.4, 0.5) is 5.69 Å². The Balaban J connectivity index is 0. The number of nitro groups is 1. The third-order valence-electron chi connectivity index (χ3n) is 1.45. The Morgan fingerprint density at radius 3 is 1.84 bits per heavy atom. The average molecular weight is 305 g/mol. The molecule has 5 N–H and O–H groups in total. The van der Waals surface area contributed by atoms with Gasteiger partial charge in [-0.2, -0.15) is 0 Å². The van der Waals surface area contributed by atoms with Crippen LogP contribution >= 0.6 is 24.4 Å². The topological polar surface area (TPSA) is 125 Å². The van der Waals surface area contributed by atoms with Crippen molar-refractivity contribution in [1.29, 1.82) is 0 Å². The predicted molar refractivity (Wildman–Crippen MR) is 81.0 cm³/mol. The lowest BCUT2D eigenvalue weighted by Gasteiger charge is -1.90. The Labute approximate surface area is 121 Å². The summed E-state index contributed by atoms with van der Waals surface area (Å²) in [7, 11) is 1.43. The molecule has 0 unspecified atom stereocenters. The van der Waals surface area contributed by atoms with E-state index in [4.69, 9.17) is 10.8 Å². The van der Waals surface area contributed by atoms with Crippen LogP contribution in [0.15, 0.2) is 24.3 Å². The fourth-order valence-electron chi connectivity index (χ4n) is 0.666. The zero-order valence-corrected chi connectivity index (χ0v) is 12.0. The summed E-state index contributed by atoms with van der Waals surface area (Å²) in [6.45, 7) is 1.89. The number of thiocarbonyl (C=S) groups is 2. The monoisotopic (exact) mass is 305 g/mol. The van der Waals surface area contributed by atoms with Crippen molar-refractivity contribution in [3.8, 4) is 0 Å². The van der Waals surface area contributed by atoms with Crippen molar-refractivity contribution in [3.63, 3.8) is 0 Å². The van der Waals surface area contributed by atoms with Crippen molar-refractivity contribution in [1.82, 2.24) is 0 Å². The highest BCUT2D eigenvalue weighted by molar-refractivity contribution is 7.80. The van der Waals surface area contributed by atoms with Crippen LogP contribution in [0.1, 0.15) is 5.56 Å². The lowest BCUT2D eigenvalue weighted by atomic mass is 10.2. The van der Waals surface area contributed by atoms with Crippen molar-refractivity contribution >= 4 is 40.5 Å². The van der Waals surface area contributed by atoms with Gasteiger partial charge in [0, 0.05) is 12.1 Å². The number of rotatable bonds is 1. The van der Waals surface area contributed by atoms with E-state index < -0.39 is 10.1 Å². The molecule has 0 aromatic heterocycles. The number of aliphatic hydroxyl groups excluding tert-OH is 1. The molecule has 0 heterocycles. The molecule has 0 amide bonds. The highest BCUT2D eigenvalue weighted by atomic mass is 32.1. The number of nitro benzene ring substituents is 1. The number of nitrogens with two attached hydrogens (primary N) is 2. The van der Waals surface area contributed by atoms with Gasteiger partial charge in [0.05, 0.1) is 12.0 Å². The molecular formula is C10H15N3O4S2. The van der Waals surface area contributed by atoms with Gasteiger partial charge in [0.15, 0.2) is 0 Å². The molecule has 0 atom stereocenters. The molecule has 0 saturated heterocycles. The normalized spacial score (nSPS) is 7.89. The Kier molecular flexibility index (Phi) is 11.3. The van der Waals surface area contributed by atoms with Crippen LogP contribution in [0.3, 0.4) is 0 Å². The van der Waals surface area contributed by atoms with Gasteiger partial charge in [-0.05, 0) is 31.4 Å². The lowest BCUT2D eigenvalue weighted by molar-refractivity contribution is -0.384. The minimum Gasteiger partial charge on any atom is -0.487 e. The van der Waals surface area contributed by atoms with Gasteiger partial charge in [0.25, 0.3) is 16.0 Å². The second kappa shape index (κ2) is 11.1. The fraction of sp³-hybridized carbons (Fsp3) is 0.200. The Hall–Kier alpha value is -2.00. The maximum atomic E-state index is 10.1. The van der Waals surface area contributed by atoms with Gasteiger partial charge in [-0.25, -0.2) is 0 Å². The molecule has 0 spiro atoms. The highest BCUT2D eigenvalue weighted by Crippen LogP contribution is 2.10. The highest BCUT2D eigenvalue weighted by Gasteiger charge is 2.00. The van der Waals surface area contributed by atoms with Gasteiger partial charge >= 0.3 is 0 Å². The average Bonchev–Trinajstić information content (AvgIpc) is 2.29. The molecule has 1 rings (SSSR count). The summed E-state index contributed by atoms with van der Waals surface area (Å²) < 4.78 is 4.26. The zero-order chi connectivity index (χ0) is 15.4. The Bertz CT molecular complexity index is 419. The number of aliphatic hydroxyl groups is 1. The third kappa shape index (κ3) is 16.0.